The number of hydrogen-bond donors (Lipinski definition) is 10. The maximum atomic E-state index is 6.07. The van der Waals surface area contributed by atoms with Crippen molar-refractivity contribution in [3.8, 4) is 29.1 Å². The fourth-order valence-electron chi connectivity index (χ4n) is 14.4. The van der Waals surface area contributed by atoms with Gasteiger partial charge in [0.2, 0.25) is 11.8 Å². The Balaban J connectivity index is 0.000000103. The number of H-pyrrole nitrogens is 5. The van der Waals surface area contributed by atoms with Crippen LogP contribution < -0.4 is 41.0 Å². The summed E-state index contributed by atoms with van der Waals surface area (Å²) in [6.45, 7) is 9.11. The van der Waals surface area contributed by atoms with Crippen LogP contribution in [-0.4, -0.2) is 124 Å². The molecule has 30 nitrogen and oxygen atoms in total. The second kappa shape index (κ2) is 35.3. The fraction of sp³-hybridized carbons (Fsp3) is 0.0625. The van der Waals surface area contributed by atoms with E-state index >= 15 is 0 Å². The maximum absolute atomic E-state index is 6.07. The lowest BCUT2D eigenvalue weighted by atomic mass is 10.1. The summed E-state index contributed by atoms with van der Waals surface area (Å²) in [5.74, 6) is 8.09. The average Bonchev–Trinajstić information content (AvgIpc) is 1.33. The van der Waals surface area contributed by atoms with Crippen molar-refractivity contribution in [2.45, 2.75) is 27.7 Å². The molecule has 16 aromatic heterocycles. The number of ether oxygens (including phenoxy) is 2. The van der Waals surface area contributed by atoms with Gasteiger partial charge in [0.15, 0.2) is 34.9 Å². The smallest absolute Gasteiger partial charge is 0.227 e. The van der Waals surface area contributed by atoms with Gasteiger partial charge in [0.25, 0.3) is 0 Å². The monoisotopic (exact) mass is 1650 g/mol. The van der Waals surface area contributed by atoms with Gasteiger partial charge < -0.3 is 41.0 Å². The first-order valence-corrected chi connectivity index (χ1v) is 40.4. The number of hydrogen-bond acceptors (Lipinski definition) is 24. The number of rotatable bonds is 17. The number of aromatic nitrogens is 22. The average molecular weight is 1660 g/mol. The molecule has 126 heavy (non-hydrogen) atoms. The first-order valence-electron chi connectivity index (χ1n) is 40.4. The first-order chi connectivity index (χ1) is 62.0. The SMILES string of the molecule is CCN(C)c1nccc2cc(Nc3n[nH]c4cccnc34)ccc12.Cc1ccc(Oc2nccc3cc(Nc4n[nH]c5cccnc45)ccc23)cc1.Cc1ccccc1Oc1nccc2cc(Nc3n[nH]c4cccnc34)ccc12.Cc1nccc2cc(Nc3n[nH]c4cccnc34)ccc12.c1cnc2c(Nc3ccc4c(-n5cccn5)nccc4c3)n[nH]c2c1. The molecule has 10 N–H and O–H groups in total. The number of aromatic amines is 5. The van der Waals surface area contributed by atoms with Crippen LogP contribution in [0.2, 0.25) is 0 Å². The van der Waals surface area contributed by atoms with Crippen molar-refractivity contribution in [3.63, 3.8) is 0 Å². The largest absolute Gasteiger partial charge is 0.438 e. The molecule has 0 atom stereocenters. The van der Waals surface area contributed by atoms with Crippen LogP contribution in [0.5, 0.6) is 23.3 Å². The predicted molar refractivity (Wildman–Crippen MR) is 498 cm³/mol. The zero-order chi connectivity index (χ0) is 85.2. The number of para-hydroxylation sites is 1. The number of fused-ring (bicyclic) bond motifs is 10. The van der Waals surface area contributed by atoms with E-state index in [-0.39, 0.29) is 0 Å². The lowest BCUT2D eigenvalue weighted by Crippen LogP contribution is -2.17. The van der Waals surface area contributed by atoms with E-state index in [1.54, 1.807) is 60.5 Å². The van der Waals surface area contributed by atoms with E-state index in [1.165, 1.54) is 5.56 Å². The molecule has 0 unspecified atom stereocenters. The third-order valence-electron chi connectivity index (χ3n) is 20.9. The second-order valence-corrected chi connectivity index (χ2v) is 29.3. The van der Waals surface area contributed by atoms with Crippen LogP contribution in [-0.2, 0) is 0 Å². The first kappa shape index (κ1) is 78.2. The highest BCUT2D eigenvalue weighted by atomic mass is 16.5. The van der Waals surface area contributed by atoms with E-state index in [4.69, 9.17) is 9.47 Å². The Morgan fingerprint density at radius 1 is 0.325 bits per heavy atom. The van der Waals surface area contributed by atoms with Gasteiger partial charge in [-0.05, 0) is 260 Å². The lowest BCUT2D eigenvalue weighted by Gasteiger charge is -2.17. The van der Waals surface area contributed by atoms with Crippen LogP contribution in [0.1, 0.15) is 23.7 Å². The third-order valence-corrected chi connectivity index (χ3v) is 20.9. The summed E-state index contributed by atoms with van der Waals surface area (Å²) in [5, 5.41) is 68.0. The molecule has 16 heterocycles. The molecule has 7 aromatic carbocycles. The highest BCUT2D eigenvalue weighted by Gasteiger charge is 2.17. The minimum absolute atomic E-state index is 0.583. The van der Waals surface area contributed by atoms with Gasteiger partial charge in [-0.15, -0.1) is 0 Å². The summed E-state index contributed by atoms with van der Waals surface area (Å²) < 4.78 is 13.8. The molecule has 0 aliphatic rings. The van der Waals surface area contributed by atoms with Crippen molar-refractivity contribution < 1.29 is 9.47 Å². The molecule has 30 heteroatoms. The van der Waals surface area contributed by atoms with E-state index < -0.39 is 0 Å². The zero-order valence-electron chi connectivity index (χ0n) is 68.5. The summed E-state index contributed by atoms with van der Waals surface area (Å²) in [6.07, 6.45) is 21.4. The maximum Gasteiger partial charge on any atom is 0.227 e. The third kappa shape index (κ3) is 17.0. The Morgan fingerprint density at radius 2 is 0.698 bits per heavy atom. The molecule has 0 saturated heterocycles. The van der Waals surface area contributed by atoms with Crippen molar-refractivity contribution in [2.24, 2.45) is 0 Å². The zero-order valence-corrected chi connectivity index (χ0v) is 68.5. The van der Waals surface area contributed by atoms with Crippen LogP contribution in [0.3, 0.4) is 0 Å². The minimum Gasteiger partial charge on any atom is -0.438 e. The number of benzene rings is 7. The number of pyridine rings is 10. The molecule has 0 fully saturated rings. The predicted octanol–water partition coefficient (Wildman–Crippen LogP) is 21.4. The van der Waals surface area contributed by atoms with Crippen LogP contribution in [0, 0.1) is 20.8 Å². The number of aryl methyl sites for hydroxylation is 3. The molecular formula is C96H78N28O2. The van der Waals surface area contributed by atoms with Crippen molar-refractivity contribution >= 4 is 172 Å². The Morgan fingerprint density at radius 3 is 1.13 bits per heavy atom. The number of anilines is 11. The molecule has 0 aliphatic carbocycles. The number of nitrogens with one attached hydrogen (secondary N) is 10. The normalized spacial score (nSPS) is 11.1. The summed E-state index contributed by atoms with van der Waals surface area (Å²) in [4.78, 5) is 46.1. The van der Waals surface area contributed by atoms with Crippen molar-refractivity contribution in [2.75, 3.05) is 45.1 Å². The van der Waals surface area contributed by atoms with E-state index in [1.807, 2.05) is 246 Å². The molecule has 0 aliphatic heterocycles. The molecular weight excluding hydrogens is 1580 g/mol. The molecule has 0 bridgehead atoms. The summed E-state index contributed by atoms with van der Waals surface area (Å²) in [6, 6.07) is 77.4. The van der Waals surface area contributed by atoms with Gasteiger partial charge in [-0.2, -0.15) is 30.6 Å². The van der Waals surface area contributed by atoms with Crippen LogP contribution in [0.15, 0.2) is 311 Å². The second-order valence-electron chi connectivity index (χ2n) is 29.3. The Labute approximate surface area is 718 Å². The van der Waals surface area contributed by atoms with E-state index in [2.05, 4.69) is 182 Å². The minimum atomic E-state index is 0.583. The molecule has 0 amide bonds. The van der Waals surface area contributed by atoms with Crippen LogP contribution in [0.25, 0.3) is 115 Å². The number of nitrogens with zero attached hydrogens (tertiary/aromatic N) is 18. The molecule has 614 valence electrons. The summed E-state index contributed by atoms with van der Waals surface area (Å²) in [7, 11) is 2.05. The van der Waals surface area contributed by atoms with Gasteiger partial charge in [-0.25, -0.2) is 24.6 Å². The Bertz CT molecular complexity index is 7820. The highest BCUT2D eigenvalue weighted by molar-refractivity contribution is 5.99. The lowest BCUT2D eigenvalue weighted by molar-refractivity contribution is 0.465. The molecule has 0 saturated carbocycles. The molecule has 0 spiro atoms. The Kier molecular flexibility index (Phi) is 21.9. The van der Waals surface area contributed by atoms with Crippen molar-refractivity contribution in [3.05, 3.63) is 328 Å². The van der Waals surface area contributed by atoms with Crippen molar-refractivity contribution in [1.82, 2.24) is 111 Å². The van der Waals surface area contributed by atoms with Gasteiger partial charge in [0.05, 0.1) is 27.6 Å². The quantitative estimate of drug-likeness (QED) is 0.0405. The van der Waals surface area contributed by atoms with Crippen molar-refractivity contribution in [1.29, 1.82) is 0 Å². The molecule has 0 radical (unpaired) electrons. The van der Waals surface area contributed by atoms with Gasteiger partial charge in [0.1, 0.15) is 44.9 Å². The van der Waals surface area contributed by atoms with Gasteiger partial charge in [0, 0.05) is 149 Å². The molecule has 23 aromatic rings. The van der Waals surface area contributed by atoms with E-state index in [0.29, 0.717) is 29.2 Å². The molecule has 23 rings (SSSR count). The Hall–Kier alpha value is -17.7. The standard InChI is InChI=1S/2C22H17N5O.C18H13N7.C18H18N6.C16H13N5/c1-14-4-7-17(8-5-14)28-22-18-9-6-16(13-15(18)10-12-24-22)25-21-20-19(26-27-21)3-2-11-23-20;1-14-5-2-3-7-19(14)28-22-17-9-8-16(13-15(17)10-12-24-22)25-21-20-18(26-27-21)6-4-11-23-20;1-3-15-16(19-7-1)17(24-23-15)22-13-4-5-14-12(11-13)6-9-20-18(14)25-10-2-8-21-25;1-3-24(2)18-14-7-6-13(11-12(14)8-10-20-18)21-17-16-15(22-23-17)5-4-9-19-16;1-10-13-5-4-12(9-11(13)6-8-17-10)19-16-15-14(20-21-16)3-2-7-18-15/h2*2-13H,1H3,(H2,25,26,27);1-11H,(H2,22,23,24);4-11H,3H2,1-2H3,(H2,21,22,23);2-9H,1H3,(H2,19,20,21). The van der Waals surface area contributed by atoms with Crippen LogP contribution in [0.4, 0.5) is 63.3 Å². The highest BCUT2D eigenvalue weighted by Crippen LogP contribution is 2.37. The fourth-order valence-corrected chi connectivity index (χ4v) is 14.4. The van der Waals surface area contributed by atoms with Gasteiger partial charge in [-0.1, -0.05) is 42.0 Å². The van der Waals surface area contributed by atoms with E-state index in [9.17, 15) is 0 Å². The van der Waals surface area contributed by atoms with Gasteiger partial charge >= 0.3 is 0 Å². The van der Waals surface area contributed by atoms with Crippen LogP contribution >= 0.6 is 0 Å². The summed E-state index contributed by atoms with van der Waals surface area (Å²) >= 11 is 0. The summed E-state index contributed by atoms with van der Waals surface area (Å²) in [5.41, 5.74) is 16.6. The van der Waals surface area contributed by atoms with Gasteiger partial charge in [-0.3, -0.25) is 55.4 Å². The van der Waals surface area contributed by atoms with E-state index in [0.717, 1.165) is 190 Å². The topological polar surface area (TPSA) is 372 Å².